The lowest BCUT2D eigenvalue weighted by Crippen LogP contribution is -1.98. The molecule has 92 valence electrons. The van der Waals surface area contributed by atoms with Crippen LogP contribution in [0.4, 0.5) is 0 Å². The molecular formula is C12H13Cl2NO2. The minimum absolute atomic E-state index is 0.196. The van der Waals surface area contributed by atoms with Crippen LogP contribution >= 0.6 is 23.2 Å². The Morgan fingerprint density at radius 1 is 1.41 bits per heavy atom. The zero-order valence-electron chi connectivity index (χ0n) is 9.45. The number of hydrogen-bond donors (Lipinski definition) is 0. The Bertz CT molecular complexity index is 399. The zero-order valence-corrected chi connectivity index (χ0v) is 11.0. The number of methoxy groups -OCH3 is 1. The van der Waals surface area contributed by atoms with Crippen molar-refractivity contribution in [3.05, 3.63) is 34.1 Å². The lowest BCUT2D eigenvalue weighted by Gasteiger charge is -2.00. The van der Waals surface area contributed by atoms with E-state index in [4.69, 9.17) is 23.2 Å². The molecule has 3 nitrogen and oxygen atoms in total. The topological polar surface area (TPSA) is 39.2 Å². The molecule has 0 N–H and O–H groups in total. The van der Waals surface area contributed by atoms with Gasteiger partial charge in [-0.05, 0) is 12.8 Å². The van der Waals surface area contributed by atoms with Crippen molar-refractivity contribution >= 4 is 35.2 Å². The first-order valence-corrected chi connectivity index (χ1v) is 5.93. The maximum Gasteiger partial charge on any atom is 0.305 e. The summed E-state index contributed by atoms with van der Waals surface area (Å²) in [5, 5.41) is 1.03. The Morgan fingerprint density at radius 2 is 2.06 bits per heavy atom. The van der Waals surface area contributed by atoms with Crippen LogP contribution in [0.15, 0.2) is 18.5 Å². The monoisotopic (exact) mass is 273 g/mol. The molecule has 0 aliphatic heterocycles. The van der Waals surface area contributed by atoms with Crippen LogP contribution in [-0.2, 0) is 9.53 Å². The van der Waals surface area contributed by atoms with Crippen molar-refractivity contribution in [1.82, 2.24) is 4.98 Å². The number of hydrogen-bond acceptors (Lipinski definition) is 3. The minimum Gasteiger partial charge on any atom is -0.469 e. The largest absolute Gasteiger partial charge is 0.469 e. The summed E-state index contributed by atoms with van der Waals surface area (Å²) in [5.41, 5.74) is 0.751. The van der Waals surface area contributed by atoms with E-state index in [9.17, 15) is 4.79 Å². The van der Waals surface area contributed by atoms with E-state index in [2.05, 4.69) is 9.72 Å². The molecule has 1 aromatic rings. The van der Waals surface area contributed by atoms with Crippen LogP contribution in [-0.4, -0.2) is 18.1 Å². The first kappa shape index (κ1) is 14.0. The molecule has 0 unspecified atom stereocenters. The molecule has 17 heavy (non-hydrogen) atoms. The highest BCUT2D eigenvalue weighted by Gasteiger charge is 2.02. The van der Waals surface area contributed by atoms with Crippen LogP contribution < -0.4 is 0 Å². The number of nitrogens with zero attached hydrogens (tertiary/aromatic N) is 1. The van der Waals surface area contributed by atoms with Gasteiger partial charge in [-0.1, -0.05) is 35.4 Å². The number of halogens is 2. The fourth-order valence-corrected chi connectivity index (χ4v) is 1.74. The normalized spacial score (nSPS) is 10.8. The number of allylic oxidation sites excluding steroid dienone is 1. The molecule has 0 bridgehead atoms. The van der Waals surface area contributed by atoms with Crippen LogP contribution in [0.5, 0.6) is 0 Å². The van der Waals surface area contributed by atoms with E-state index in [1.54, 1.807) is 12.4 Å². The highest BCUT2D eigenvalue weighted by Crippen LogP contribution is 2.24. The molecule has 0 aromatic carbocycles. The van der Waals surface area contributed by atoms with Crippen LogP contribution in [0.25, 0.3) is 6.08 Å². The summed E-state index contributed by atoms with van der Waals surface area (Å²) in [7, 11) is 1.38. The third-order valence-corrected chi connectivity index (χ3v) is 2.76. The predicted molar refractivity (Wildman–Crippen MR) is 69.2 cm³/mol. The number of carbonyl (C=O) groups excluding carboxylic acids is 1. The second-order valence-corrected chi connectivity index (χ2v) is 4.20. The van der Waals surface area contributed by atoms with Crippen molar-refractivity contribution in [2.75, 3.05) is 7.11 Å². The Morgan fingerprint density at radius 3 is 2.65 bits per heavy atom. The Hall–Kier alpha value is -1.06. The minimum atomic E-state index is -0.196. The molecule has 0 spiro atoms. The summed E-state index contributed by atoms with van der Waals surface area (Å²) in [4.78, 5) is 14.7. The van der Waals surface area contributed by atoms with Gasteiger partial charge in [0.1, 0.15) is 0 Å². The second-order valence-electron chi connectivity index (χ2n) is 3.39. The van der Waals surface area contributed by atoms with Crippen molar-refractivity contribution in [2.24, 2.45) is 0 Å². The van der Waals surface area contributed by atoms with Gasteiger partial charge in [0.2, 0.25) is 0 Å². The van der Waals surface area contributed by atoms with Crippen LogP contribution in [0.2, 0.25) is 10.0 Å². The molecule has 0 aliphatic carbocycles. The van der Waals surface area contributed by atoms with Gasteiger partial charge in [0.25, 0.3) is 0 Å². The van der Waals surface area contributed by atoms with E-state index in [1.165, 1.54) is 7.11 Å². The molecule has 0 radical (unpaired) electrons. The number of rotatable bonds is 5. The van der Waals surface area contributed by atoms with E-state index in [1.807, 2.05) is 12.2 Å². The molecule has 0 amide bonds. The van der Waals surface area contributed by atoms with E-state index in [0.29, 0.717) is 16.5 Å². The van der Waals surface area contributed by atoms with E-state index in [0.717, 1.165) is 18.4 Å². The van der Waals surface area contributed by atoms with Gasteiger partial charge in [0, 0.05) is 24.4 Å². The lowest BCUT2D eigenvalue weighted by molar-refractivity contribution is -0.140. The van der Waals surface area contributed by atoms with Crippen molar-refractivity contribution < 1.29 is 9.53 Å². The Labute approximate surface area is 110 Å². The van der Waals surface area contributed by atoms with Gasteiger partial charge in [-0.3, -0.25) is 9.78 Å². The average molecular weight is 274 g/mol. The lowest BCUT2D eigenvalue weighted by atomic mass is 10.2. The van der Waals surface area contributed by atoms with Crippen LogP contribution in [0.3, 0.4) is 0 Å². The van der Waals surface area contributed by atoms with Gasteiger partial charge in [0.05, 0.1) is 17.2 Å². The molecule has 0 fully saturated rings. The highest BCUT2D eigenvalue weighted by atomic mass is 35.5. The molecule has 1 rings (SSSR count). The number of aromatic nitrogens is 1. The van der Waals surface area contributed by atoms with Crippen LogP contribution in [0.1, 0.15) is 24.8 Å². The maximum atomic E-state index is 10.9. The highest BCUT2D eigenvalue weighted by molar-refractivity contribution is 6.36. The summed E-state index contributed by atoms with van der Waals surface area (Å²) >= 11 is 11.9. The Balaban J connectivity index is 2.46. The van der Waals surface area contributed by atoms with Gasteiger partial charge in [-0.25, -0.2) is 0 Å². The first-order valence-electron chi connectivity index (χ1n) is 5.17. The van der Waals surface area contributed by atoms with E-state index < -0.39 is 0 Å². The van der Waals surface area contributed by atoms with Crippen LogP contribution in [0, 0.1) is 0 Å². The second kappa shape index (κ2) is 7.30. The summed E-state index contributed by atoms with van der Waals surface area (Å²) in [5.74, 6) is -0.196. The smallest absolute Gasteiger partial charge is 0.305 e. The fourth-order valence-electron chi connectivity index (χ4n) is 1.25. The molecular weight excluding hydrogens is 261 g/mol. The molecule has 0 aliphatic rings. The summed E-state index contributed by atoms with van der Waals surface area (Å²) < 4.78 is 4.54. The summed E-state index contributed by atoms with van der Waals surface area (Å²) in [6.07, 6.45) is 8.77. The van der Waals surface area contributed by atoms with Gasteiger partial charge in [-0.15, -0.1) is 0 Å². The third kappa shape index (κ3) is 4.75. The van der Waals surface area contributed by atoms with E-state index in [-0.39, 0.29) is 5.97 Å². The number of ether oxygens (including phenoxy) is 1. The van der Waals surface area contributed by atoms with Gasteiger partial charge < -0.3 is 4.74 Å². The molecule has 1 heterocycles. The van der Waals surface area contributed by atoms with Crippen molar-refractivity contribution in [3.63, 3.8) is 0 Å². The van der Waals surface area contributed by atoms with Crippen molar-refractivity contribution in [1.29, 1.82) is 0 Å². The number of carbonyl (C=O) groups is 1. The van der Waals surface area contributed by atoms with Crippen molar-refractivity contribution in [3.8, 4) is 0 Å². The predicted octanol–water partition coefficient (Wildman–Crippen LogP) is 3.74. The maximum absolute atomic E-state index is 10.9. The van der Waals surface area contributed by atoms with E-state index >= 15 is 0 Å². The molecule has 0 atom stereocenters. The third-order valence-electron chi connectivity index (χ3n) is 2.15. The quantitative estimate of drug-likeness (QED) is 0.606. The summed E-state index contributed by atoms with van der Waals surface area (Å²) in [6.45, 7) is 0. The average Bonchev–Trinajstić information content (AvgIpc) is 2.31. The molecule has 0 saturated heterocycles. The molecule has 0 saturated carbocycles. The number of esters is 1. The van der Waals surface area contributed by atoms with Gasteiger partial charge in [0.15, 0.2) is 0 Å². The first-order chi connectivity index (χ1) is 8.15. The number of unbranched alkanes of at least 4 members (excludes halogenated alkanes) is 1. The van der Waals surface area contributed by atoms with Gasteiger partial charge >= 0.3 is 5.97 Å². The van der Waals surface area contributed by atoms with Crippen molar-refractivity contribution in [2.45, 2.75) is 19.3 Å². The standard InChI is InChI=1S/C12H13Cl2NO2/c1-17-12(16)6-4-2-3-5-9-10(13)7-15-8-11(9)14/h3,5,7-8H,2,4,6H2,1H3/b5-3+. The number of pyridine rings is 1. The SMILES string of the molecule is COC(=O)CCC/C=C/c1c(Cl)cncc1Cl. The Kier molecular flexibility index (Phi) is 6.01. The van der Waals surface area contributed by atoms with Gasteiger partial charge in [-0.2, -0.15) is 0 Å². The molecule has 1 aromatic heterocycles. The summed E-state index contributed by atoms with van der Waals surface area (Å²) in [6, 6.07) is 0. The fraction of sp³-hybridized carbons (Fsp3) is 0.333. The molecule has 5 heteroatoms. The zero-order chi connectivity index (χ0) is 12.7.